The summed E-state index contributed by atoms with van der Waals surface area (Å²) < 4.78 is 5.65. The summed E-state index contributed by atoms with van der Waals surface area (Å²) in [6, 6.07) is 12.7. The van der Waals surface area contributed by atoms with Crippen LogP contribution in [0.3, 0.4) is 0 Å². The Labute approximate surface area is 125 Å². The summed E-state index contributed by atoms with van der Waals surface area (Å²) in [6.07, 6.45) is 0. The number of aromatic nitrogens is 1. The Morgan fingerprint density at radius 2 is 2.10 bits per heavy atom. The number of nitrogens with zero attached hydrogens (tertiary/aromatic N) is 1. The van der Waals surface area contributed by atoms with E-state index in [4.69, 9.17) is 10.2 Å². The normalized spacial score (nSPS) is 10.7. The summed E-state index contributed by atoms with van der Waals surface area (Å²) in [4.78, 5) is 16.8. The number of rotatable bonds is 3. The van der Waals surface area contributed by atoms with Crippen LogP contribution >= 0.6 is 11.8 Å². The van der Waals surface area contributed by atoms with Gasteiger partial charge >= 0.3 is 0 Å². The van der Waals surface area contributed by atoms with Crippen molar-refractivity contribution in [2.45, 2.75) is 10.1 Å². The van der Waals surface area contributed by atoms with Gasteiger partial charge in [-0.3, -0.25) is 4.79 Å². The number of oxazole rings is 1. The molecule has 3 N–H and O–H groups in total. The van der Waals surface area contributed by atoms with Crippen molar-refractivity contribution in [3.8, 4) is 0 Å². The van der Waals surface area contributed by atoms with Crippen LogP contribution in [0.5, 0.6) is 0 Å². The highest BCUT2D eigenvalue weighted by Crippen LogP contribution is 2.33. The van der Waals surface area contributed by atoms with Gasteiger partial charge in [-0.2, -0.15) is 0 Å². The van der Waals surface area contributed by atoms with E-state index in [0.29, 0.717) is 16.5 Å². The summed E-state index contributed by atoms with van der Waals surface area (Å²) in [6.45, 7) is 0. The smallest absolute Gasteiger partial charge is 0.261 e. The summed E-state index contributed by atoms with van der Waals surface area (Å²) in [5.74, 6) is -0.158. The number of benzene rings is 2. The van der Waals surface area contributed by atoms with Gasteiger partial charge in [-0.25, -0.2) is 4.98 Å². The number of nitrogens with two attached hydrogens (primary N) is 1. The van der Waals surface area contributed by atoms with Crippen LogP contribution in [0.2, 0.25) is 0 Å². The molecule has 1 heterocycles. The van der Waals surface area contributed by atoms with Gasteiger partial charge in [0.1, 0.15) is 5.52 Å². The van der Waals surface area contributed by atoms with Crippen molar-refractivity contribution >= 4 is 34.5 Å². The molecule has 3 rings (SSSR count). The molecule has 1 aromatic heterocycles. The van der Waals surface area contributed by atoms with Gasteiger partial charge in [0.25, 0.3) is 11.1 Å². The number of anilines is 1. The molecule has 0 atom stereocenters. The van der Waals surface area contributed by atoms with Gasteiger partial charge in [-0.15, -0.1) is 0 Å². The number of para-hydroxylation sites is 2. The third-order valence-electron chi connectivity index (χ3n) is 2.97. The van der Waals surface area contributed by atoms with Gasteiger partial charge in [0.05, 0.1) is 0 Å². The van der Waals surface area contributed by atoms with Crippen molar-refractivity contribution in [1.82, 2.24) is 10.3 Å². The zero-order valence-electron chi connectivity index (χ0n) is 11.3. The molecule has 0 spiro atoms. The average Bonchev–Trinajstić information content (AvgIpc) is 2.91. The highest BCUT2D eigenvalue weighted by Gasteiger charge is 2.12. The predicted octanol–water partition coefficient (Wildman–Crippen LogP) is 2.92. The lowest BCUT2D eigenvalue weighted by molar-refractivity contribution is 0.0963. The van der Waals surface area contributed by atoms with Crippen LogP contribution in [0.25, 0.3) is 11.1 Å². The van der Waals surface area contributed by atoms with Gasteiger partial charge < -0.3 is 15.5 Å². The fourth-order valence-corrected chi connectivity index (χ4v) is 2.73. The molecule has 0 fully saturated rings. The molecule has 0 saturated heterocycles. The van der Waals surface area contributed by atoms with E-state index >= 15 is 0 Å². The number of nitrogen functional groups attached to an aromatic ring is 1. The number of nitrogens with one attached hydrogen (secondary N) is 1. The largest absolute Gasteiger partial charge is 0.431 e. The molecule has 0 radical (unpaired) electrons. The Bertz CT molecular complexity index is 781. The third-order valence-corrected chi connectivity index (χ3v) is 3.90. The van der Waals surface area contributed by atoms with Crippen molar-refractivity contribution < 1.29 is 9.21 Å². The first-order chi connectivity index (χ1) is 10.2. The van der Waals surface area contributed by atoms with E-state index in [9.17, 15) is 4.79 Å². The number of carbonyl (C=O) groups is 1. The van der Waals surface area contributed by atoms with Gasteiger partial charge in [0.15, 0.2) is 5.58 Å². The minimum absolute atomic E-state index is 0.158. The van der Waals surface area contributed by atoms with Crippen molar-refractivity contribution in [3.63, 3.8) is 0 Å². The average molecular weight is 299 g/mol. The minimum atomic E-state index is -0.158. The monoisotopic (exact) mass is 299 g/mol. The summed E-state index contributed by atoms with van der Waals surface area (Å²) >= 11 is 1.30. The number of hydrogen-bond acceptors (Lipinski definition) is 5. The van der Waals surface area contributed by atoms with Gasteiger partial charge in [0.2, 0.25) is 0 Å². The van der Waals surface area contributed by atoms with E-state index in [1.54, 1.807) is 25.2 Å². The molecule has 2 aromatic carbocycles. The van der Waals surface area contributed by atoms with Gasteiger partial charge in [0, 0.05) is 23.2 Å². The topological polar surface area (TPSA) is 81.2 Å². The highest BCUT2D eigenvalue weighted by atomic mass is 32.2. The minimum Gasteiger partial charge on any atom is -0.431 e. The van der Waals surface area contributed by atoms with Crippen molar-refractivity contribution in [1.29, 1.82) is 0 Å². The van der Waals surface area contributed by atoms with Crippen molar-refractivity contribution in [3.05, 3.63) is 48.0 Å². The standard InChI is InChI=1S/C15H13N3O2S/c1-17-14(19)9-6-7-10(16)13(8-9)21-15-18-11-4-2-3-5-12(11)20-15/h2-8H,16H2,1H3,(H,17,19). The van der Waals surface area contributed by atoms with E-state index in [-0.39, 0.29) is 5.91 Å². The molecule has 5 nitrogen and oxygen atoms in total. The number of fused-ring (bicyclic) bond motifs is 1. The quantitative estimate of drug-likeness (QED) is 0.727. The van der Waals surface area contributed by atoms with Gasteiger partial charge in [-0.1, -0.05) is 12.1 Å². The zero-order chi connectivity index (χ0) is 14.8. The molecule has 0 aliphatic heterocycles. The van der Waals surface area contributed by atoms with Crippen LogP contribution < -0.4 is 11.1 Å². The molecule has 0 aliphatic carbocycles. The molecular weight excluding hydrogens is 286 g/mol. The highest BCUT2D eigenvalue weighted by molar-refractivity contribution is 7.99. The maximum atomic E-state index is 11.7. The fraction of sp³-hybridized carbons (Fsp3) is 0.0667. The van der Waals surface area contributed by atoms with E-state index < -0.39 is 0 Å². The lowest BCUT2D eigenvalue weighted by Gasteiger charge is -2.05. The molecule has 0 saturated carbocycles. The second kappa shape index (κ2) is 5.49. The molecule has 106 valence electrons. The van der Waals surface area contributed by atoms with Crippen LogP contribution in [-0.2, 0) is 0 Å². The summed E-state index contributed by atoms with van der Waals surface area (Å²) in [7, 11) is 1.59. The second-order valence-electron chi connectivity index (χ2n) is 4.38. The molecular formula is C15H13N3O2S. The maximum absolute atomic E-state index is 11.7. The lowest BCUT2D eigenvalue weighted by atomic mass is 10.2. The number of amides is 1. The fourth-order valence-electron chi connectivity index (χ4n) is 1.90. The van der Waals surface area contributed by atoms with Gasteiger partial charge in [-0.05, 0) is 42.1 Å². The van der Waals surface area contributed by atoms with E-state index in [1.807, 2.05) is 24.3 Å². The maximum Gasteiger partial charge on any atom is 0.261 e. The molecule has 0 aliphatic rings. The molecule has 1 amide bonds. The first-order valence-corrected chi connectivity index (χ1v) is 7.14. The Hall–Kier alpha value is -2.47. The molecule has 21 heavy (non-hydrogen) atoms. The molecule has 0 unspecified atom stereocenters. The molecule has 6 heteroatoms. The summed E-state index contributed by atoms with van der Waals surface area (Å²) in [5, 5.41) is 3.08. The Kier molecular flexibility index (Phi) is 3.53. The van der Waals surface area contributed by atoms with Crippen LogP contribution in [0.1, 0.15) is 10.4 Å². The van der Waals surface area contributed by atoms with Crippen molar-refractivity contribution in [2.24, 2.45) is 0 Å². The molecule has 3 aromatic rings. The third kappa shape index (κ3) is 2.71. The number of carbonyl (C=O) groups excluding carboxylic acids is 1. The lowest BCUT2D eigenvalue weighted by Crippen LogP contribution is -2.17. The Morgan fingerprint density at radius 1 is 1.29 bits per heavy atom. The van der Waals surface area contributed by atoms with Crippen LogP contribution in [0, 0.1) is 0 Å². The predicted molar refractivity (Wildman–Crippen MR) is 82.4 cm³/mol. The van der Waals surface area contributed by atoms with Crippen LogP contribution in [0.4, 0.5) is 5.69 Å². The van der Waals surface area contributed by atoms with Crippen molar-refractivity contribution in [2.75, 3.05) is 12.8 Å². The SMILES string of the molecule is CNC(=O)c1ccc(N)c(Sc2nc3ccccc3o2)c1. The molecule has 0 bridgehead atoms. The van der Waals surface area contributed by atoms with E-state index in [2.05, 4.69) is 10.3 Å². The first kappa shape index (κ1) is 13.5. The van der Waals surface area contributed by atoms with Crippen LogP contribution in [0.15, 0.2) is 57.0 Å². The zero-order valence-corrected chi connectivity index (χ0v) is 12.1. The second-order valence-corrected chi connectivity index (χ2v) is 5.37. The van der Waals surface area contributed by atoms with E-state index in [0.717, 1.165) is 16.0 Å². The summed E-state index contributed by atoms with van der Waals surface area (Å²) in [5.41, 5.74) is 8.59. The Balaban J connectivity index is 1.94. The Morgan fingerprint density at radius 3 is 2.86 bits per heavy atom. The number of hydrogen-bond donors (Lipinski definition) is 2. The van der Waals surface area contributed by atoms with E-state index in [1.165, 1.54) is 11.8 Å². The first-order valence-electron chi connectivity index (χ1n) is 6.32. The van der Waals surface area contributed by atoms with Crippen LogP contribution in [-0.4, -0.2) is 17.9 Å².